The van der Waals surface area contributed by atoms with Gasteiger partial charge in [0.15, 0.2) is 0 Å². The van der Waals surface area contributed by atoms with Crippen LogP contribution < -0.4 is 21.8 Å². The third-order valence-corrected chi connectivity index (χ3v) is 5.81. The lowest BCUT2D eigenvalue weighted by molar-refractivity contribution is -0.138. The fourth-order valence-electron chi connectivity index (χ4n) is 3.57. The number of rotatable bonds is 11. The Morgan fingerprint density at radius 2 is 1.95 bits per heavy atom. The zero-order valence-electron chi connectivity index (χ0n) is 20.5. The number of hydrogen-bond donors (Lipinski definition) is 4. The van der Waals surface area contributed by atoms with E-state index in [2.05, 4.69) is 21.0 Å². The Balaban J connectivity index is 1.70. The molecule has 3 amide bonds. The van der Waals surface area contributed by atoms with Gasteiger partial charge in [-0.1, -0.05) is 23.7 Å². The minimum Gasteiger partial charge on any atom is -0.447 e. The first-order chi connectivity index (χ1) is 18.2. The van der Waals surface area contributed by atoms with Crippen molar-refractivity contribution < 1.29 is 27.9 Å². The molecule has 38 heavy (non-hydrogen) atoms. The lowest BCUT2D eigenvalue weighted by Gasteiger charge is -2.31. The van der Waals surface area contributed by atoms with Crippen molar-refractivity contribution in [1.29, 1.82) is 0 Å². The van der Waals surface area contributed by atoms with Crippen molar-refractivity contribution in [3.05, 3.63) is 70.9 Å². The molecule has 0 radical (unpaired) electrons. The average molecular weight is 549 g/mol. The number of aromatic nitrogens is 1. The van der Waals surface area contributed by atoms with Crippen molar-refractivity contribution in [3.63, 3.8) is 0 Å². The minimum absolute atomic E-state index is 0.0408. The van der Waals surface area contributed by atoms with Gasteiger partial charge in [0.2, 0.25) is 11.8 Å². The number of ether oxygens (including phenoxy) is 1. The van der Waals surface area contributed by atoms with Crippen molar-refractivity contribution in [2.45, 2.75) is 25.9 Å². The van der Waals surface area contributed by atoms with Gasteiger partial charge in [-0.15, -0.1) is 0 Å². The summed E-state index contributed by atoms with van der Waals surface area (Å²) in [6.07, 6.45) is 0.329. The van der Waals surface area contributed by atoms with Crippen molar-refractivity contribution in [1.82, 2.24) is 20.7 Å². The molecule has 1 heterocycles. The molecule has 0 saturated heterocycles. The number of carbonyl (C=O) groups excluding carboxylic acids is 3. The topological polar surface area (TPSA) is 139 Å². The lowest BCUT2D eigenvalue weighted by atomic mass is 10.2. The highest BCUT2D eigenvalue weighted by Gasteiger charge is 2.26. The summed E-state index contributed by atoms with van der Waals surface area (Å²) in [5, 5.41) is 7.24. The predicted molar refractivity (Wildman–Crippen MR) is 138 cm³/mol. The number of anilines is 1. The van der Waals surface area contributed by atoms with Crippen molar-refractivity contribution in [2.24, 2.45) is 5.73 Å². The molecule has 0 fully saturated rings. The van der Waals surface area contributed by atoms with E-state index in [1.54, 1.807) is 12.1 Å². The minimum atomic E-state index is -0.943. The highest BCUT2D eigenvalue weighted by Crippen LogP contribution is 2.20. The number of benzene rings is 2. The van der Waals surface area contributed by atoms with E-state index >= 15 is 0 Å². The molecule has 2 aromatic carbocycles. The van der Waals surface area contributed by atoms with E-state index in [1.165, 1.54) is 43.5 Å². The zero-order valence-corrected chi connectivity index (χ0v) is 21.2. The molecule has 10 nitrogen and oxygen atoms in total. The van der Waals surface area contributed by atoms with E-state index in [4.69, 9.17) is 22.1 Å². The lowest BCUT2D eigenvalue weighted by Crippen LogP contribution is -2.52. The number of halogens is 3. The van der Waals surface area contributed by atoms with E-state index in [0.717, 1.165) is 5.01 Å². The molecular formula is C25H27ClF2N6O4. The van der Waals surface area contributed by atoms with E-state index in [1.807, 2.05) is 0 Å². The second kappa shape index (κ2) is 13.6. The molecule has 1 unspecified atom stereocenters. The third kappa shape index (κ3) is 8.07. The maximum absolute atomic E-state index is 13.8. The van der Waals surface area contributed by atoms with Gasteiger partial charge in [0, 0.05) is 38.1 Å². The number of hydrazine groups is 1. The van der Waals surface area contributed by atoms with E-state index in [0.29, 0.717) is 16.3 Å². The Morgan fingerprint density at radius 3 is 2.68 bits per heavy atom. The summed E-state index contributed by atoms with van der Waals surface area (Å²) >= 11 is 6.00. The maximum atomic E-state index is 13.8. The molecule has 0 spiro atoms. The van der Waals surface area contributed by atoms with Crippen LogP contribution in [-0.4, -0.2) is 53.6 Å². The van der Waals surface area contributed by atoms with Crippen LogP contribution in [0.15, 0.2) is 48.7 Å². The number of pyridine rings is 1. The van der Waals surface area contributed by atoms with Crippen LogP contribution in [0.4, 0.5) is 19.4 Å². The summed E-state index contributed by atoms with van der Waals surface area (Å²) in [5.41, 5.74) is 8.64. The van der Waals surface area contributed by atoms with Crippen LogP contribution in [0.1, 0.15) is 18.9 Å². The van der Waals surface area contributed by atoms with Crippen LogP contribution in [-0.2, 0) is 20.9 Å². The summed E-state index contributed by atoms with van der Waals surface area (Å²) in [4.78, 5) is 41.4. The first-order valence-corrected chi connectivity index (χ1v) is 12.0. The average Bonchev–Trinajstić information content (AvgIpc) is 2.87. The second-order valence-electron chi connectivity index (χ2n) is 8.22. The highest BCUT2D eigenvalue weighted by molar-refractivity contribution is 6.31. The van der Waals surface area contributed by atoms with E-state index in [-0.39, 0.29) is 43.5 Å². The fraction of sp³-hybridized carbons (Fsp3) is 0.280. The summed E-state index contributed by atoms with van der Waals surface area (Å²) < 4.78 is 32.6. The first-order valence-electron chi connectivity index (χ1n) is 11.6. The molecule has 0 aliphatic carbocycles. The standard InChI is InChI=1S/C25H27ClF2N6O4/c1-15(35)34(32-13-17-3-2-4-21(28)24(17)26)20(11-23(36)30-8-7-29)14-38-25(37)33-22-10-18-9-19(27)6-5-16(18)12-31-22/h2-6,9-10,12,20,32H,7-8,11,13-14,29H2,1H3,(H,30,36)(H,31,33,37). The number of nitrogens with zero attached hydrogens (tertiary/aromatic N) is 2. The molecule has 13 heteroatoms. The van der Waals surface area contributed by atoms with Gasteiger partial charge in [-0.05, 0) is 41.3 Å². The van der Waals surface area contributed by atoms with Crippen LogP contribution in [0, 0.1) is 11.6 Å². The molecule has 1 atom stereocenters. The zero-order chi connectivity index (χ0) is 27.7. The molecule has 0 aliphatic rings. The molecule has 202 valence electrons. The number of nitrogens with two attached hydrogens (primary N) is 1. The molecule has 3 rings (SSSR count). The van der Waals surface area contributed by atoms with Gasteiger partial charge >= 0.3 is 6.09 Å². The van der Waals surface area contributed by atoms with Crippen LogP contribution in [0.25, 0.3) is 10.8 Å². The quantitative estimate of drug-likeness (QED) is 0.270. The van der Waals surface area contributed by atoms with Gasteiger partial charge in [0.25, 0.3) is 0 Å². The molecule has 5 N–H and O–H groups in total. The summed E-state index contributed by atoms with van der Waals surface area (Å²) in [6.45, 7) is 1.26. The number of nitrogens with one attached hydrogen (secondary N) is 3. The van der Waals surface area contributed by atoms with Crippen molar-refractivity contribution >= 4 is 46.1 Å². The smallest absolute Gasteiger partial charge is 0.412 e. The van der Waals surface area contributed by atoms with Gasteiger partial charge in [-0.3, -0.25) is 19.9 Å². The van der Waals surface area contributed by atoms with Crippen molar-refractivity contribution in [3.8, 4) is 0 Å². The second-order valence-corrected chi connectivity index (χ2v) is 8.60. The highest BCUT2D eigenvalue weighted by atomic mass is 35.5. The van der Waals surface area contributed by atoms with Crippen LogP contribution in [0.3, 0.4) is 0 Å². The first kappa shape index (κ1) is 28.7. The monoisotopic (exact) mass is 548 g/mol. The van der Waals surface area contributed by atoms with Crippen LogP contribution >= 0.6 is 11.6 Å². The molecular weight excluding hydrogens is 522 g/mol. The maximum Gasteiger partial charge on any atom is 0.412 e. The molecule has 0 aliphatic heterocycles. The van der Waals surface area contributed by atoms with Gasteiger partial charge in [-0.2, -0.15) is 0 Å². The van der Waals surface area contributed by atoms with Gasteiger partial charge in [-0.25, -0.2) is 24.0 Å². The molecule has 0 bridgehead atoms. The molecule has 0 saturated carbocycles. The number of fused-ring (bicyclic) bond motifs is 1. The Bertz CT molecular complexity index is 1310. The number of amides is 3. The SMILES string of the molecule is CC(=O)N(NCc1cccc(F)c1Cl)C(COC(=O)Nc1cc2cc(F)ccc2cn1)CC(=O)NCCN. The fourth-order valence-corrected chi connectivity index (χ4v) is 3.76. The summed E-state index contributed by atoms with van der Waals surface area (Å²) in [7, 11) is 0. The predicted octanol–water partition coefficient (Wildman–Crippen LogP) is 3.10. The van der Waals surface area contributed by atoms with Crippen molar-refractivity contribution in [2.75, 3.05) is 25.0 Å². The number of carbonyl (C=O) groups is 3. The molecule has 1 aromatic heterocycles. The largest absolute Gasteiger partial charge is 0.447 e. The van der Waals surface area contributed by atoms with Crippen LogP contribution in [0.2, 0.25) is 5.02 Å². The van der Waals surface area contributed by atoms with Gasteiger partial charge < -0.3 is 15.8 Å². The summed E-state index contributed by atoms with van der Waals surface area (Å²) in [6, 6.07) is 8.93. The molecule has 3 aromatic rings. The Kier molecular flexibility index (Phi) is 10.3. The Hall–Kier alpha value is -3.87. The third-order valence-electron chi connectivity index (χ3n) is 5.38. The normalized spacial score (nSPS) is 11.6. The summed E-state index contributed by atoms with van der Waals surface area (Å²) in [5.74, 6) is -1.86. The Morgan fingerprint density at radius 1 is 1.16 bits per heavy atom. The van der Waals surface area contributed by atoms with Gasteiger partial charge in [0.1, 0.15) is 24.1 Å². The van der Waals surface area contributed by atoms with Crippen LogP contribution in [0.5, 0.6) is 0 Å². The van der Waals surface area contributed by atoms with E-state index < -0.39 is 35.6 Å². The van der Waals surface area contributed by atoms with E-state index in [9.17, 15) is 23.2 Å². The Labute approximate surface area is 222 Å². The van der Waals surface area contributed by atoms with Gasteiger partial charge in [0.05, 0.1) is 17.5 Å². The number of hydrogen-bond acceptors (Lipinski definition) is 7.